The van der Waals surface area contributed by atoms with Gasteiger partial charge in [-0.05, 0) is 32.2 Å². The van der Waals surface area contributed by atoms with Crippen molar-refractivity contribution in [2.24, 2.45) is 11.7 Å². The minimum Gasteiger partial charge on any atom is -0.329 e. The fraction of sp³-hybridized carbons (Fsp3) is 1.00. The first kappa shape index (κ1) is 11.0. The topological polar surface area (TPSA) is 29.3 Å². The molecule has 2 heteroatoms. The van der Waals surface area contributed by atoms with Crippen molar-refractivity contribution in [1.82, 2.24) is 4.90 Å². The Morgan fingerprint density at radius 2 is 2.00 bits per heavy atom. The molecule has 0 radical (unpaired) electrons. The average molecular weight is 184 g/mol. The predicted octanol–water partition coefficient (Wildman–Crippen LogP) is 1.84. The molecule has 2 nitrogen and oxygen atoms in total. The normalized spacial score (nSPS) is 27.9. The Hall–Kier alpha value is -0.0800. The van der Waals surface area contributed by atoms with Crippen LogP contribution in [0.5, 0.6) is 0 Å². The molecule has 1 aliphatic heterocycles. The third-order valence-electron chi connectivity index (χ3n) is 3.43. The second kappa shape index (κ2) is 4.97. The van der Waals surface area contributed by atoms with Crippen LogP contribution in [0.15, 0.2) is 0 Å². The Bertz CT molecular complexity index is 143. The molecule has 2 N–H and O–H groups in total. The fourth-order valence-electron chi connectivity index (χ4n) is 2.20. The first-order valence-corrected chi connectivity index (χ1v) is 5.62. The summed E-state index contributed by atoms with van der Waals surface area (Å²) < 4.78 is 0. The molecule has 0 amide bonds. The molecule has 0 aliphatic carbocycles. The van der Waals surface area contributed by atoms with Gasteiger partial charge in [0.05, 0.1) is 0 Å². The summed E-state index contributed by atoms with van der Waals surface area (Å²) in [6, 6.07) is 1.33. The van der Waals surface area contributed by atoms with Crippen LogP contribution >= 0.6 is 0 Å². The van der Waals surface area contributed by atoms with Crippen LogP contribution in [0.3, 0.4) is 0 Å². The lowest BCUT2D eigenvalue weighted by Gasteiger charge is -2.41. The summed E-state index contributed by atoms with van der Waals surface area (Å²) in [7, 11) is 0. The van der Waals surface area contributed by atoms with E-state index >= 15 is 0 Å². The maximum Gasteiger partial charge on any atom is 0.0221 e. The largest absolute Gasteiger partial charge is 0.329 e. The van der Waals surface area contributed by atoms with Crippen LogP contribution in [-0.2, 0) is 0 Å². The van der Waals surface area contributed by atoms with E-state index in [1.54, 1.807) is 0 Å². The van der Waals surface area contributed by atoms with Gasteiger partial charge in [-0.25, -0.2) is 0 Å². The van der Waals surface area contributed by atoms with Crippen LogP contribution in [0, 0.1) is 5.92 Å². The zero-order valence-electron chi connectivity index (χ0n) is 9.29. The van der Waals surface area contributed by atoms with Gasteiger partial charge in [-0.2, -0.15) is 0 Å². The monoisotopic (exact) mass is 184 g/mol. The Labute approximate surface area is 82.5 Å². The second-order valence-corrected chi connectivity index (χ2v) is 4.61. The third kappa shape index (κ3) is 2.68. The van der Waals surface area contributed by atoms with Crippen molar-refractivity contribution < 1.29 is 0 Å². The average Bonchev–Trinajstić information content (AvgIpc) is 2.16. The smallest absolute Gasteiger partial charge is 0.0221 e. The zero-order chi connectivity index (χ0) is 9.84. The number of hydrogen-bond acceptors (Lipinski definition) is 2. The van der Waals surface area contributed by atoms with E-state index in [2.05, 4.69) is 25.7 Å². The lowest BCUT2D eigenvalue weighted by molar-refractivity contribution is 0.0833. The minimum atomic E-state index is 0.645. The fourth-order valence-corrected chi connectivity index (χ4v) is 2.20. The van der Waals surface area contributed by atoms with E-state index in [0.29, 0.717) is 12.1 Å². The van der Waals surface area contributed by atoms with Gasteiger partial charge in [0.15, 0.2) is 0 Å². The quantitative estimate of drug-likeness (QED) is 0.725. The molecule has 0 saturated carbocycles. The van der Waals surface area contributed by atoms with Gasteiger partial charge in [-0.1, -0.05) is 20.3 Å². The minimum absolute atomic E-state index is 0.645. The van der Waals surface area contributed by atoms with Crippen LogP contribution in [0.4, 0.5) is 0 Å². The molecule has 1 fully saturated rings. The standard InChI is InChI=1S/C11H24N2/c1-9(2)10(3)13-7-5-4-6-11(13)8-12/h9-11H,4-8,12H2,1-3H3. The van der Waals surface area contributed by atoms with Crippen LogP contribution in [0.2, 0.25) is 0 Å². The number of nitrogens with two attached hydrogens (primary N) is 1. The summed E-state index contributed by atoms with van der Waals surface area (Å²) in [4.78, 5) is 2.61. The van der Waals surface area contributed by atoms with Gasteiger partial charge in [0.2, 0.25) is 0 Å². The molecule has 13 heavy (non-hydrogen) atoms. The highest BCUT2D eigenvalue weighted by molar-refractivity contribution is 4.82. The van der Waals surface area contributed by atoms with E-state index in [-0.39, 0.29) is 0 Å². The van der Waals surface area contributed by atoms with Crippen molar-refractivity contribution in [3.8, 4) is 0 Å². The van der Waals surface area contributed by atoms with E-state index in [1.807, 2.05) is 0 Å². The van der Waals surface area contributed by atoms with Gasteiger partial charge in [0.1, 0.15) is 0 Å². The van der Waals surface area contributed by atoms with E-state index in [0.717, 1.165) is 12.5 Å². The molecular weight excluding hydrogens is 160 g/mol. The lowest BCUT2D eigenvalue weighted by Crippen LogP contribution is -2.50. The maximum absolute atomic E-state index is 5.79. The summed E-state index contributed by atoms with van der Waals surface area (Å²) in [5.74, 6) is 0.743. The summed E-state index contributed by atoms with van der Waals surface area (Å²) in [5, 5.41) is 0. The van der Waals surface area contributed by atoms with E-state index in [1.165, 1.54) is 25.8 Å². The molecule has 0 aromatic heterocycles. The molecule has 1 rings (SSSR count). The molecule has 1 saturated heterocycles. The van der Waals surface area contributed by atoms with E-state index in [4.69, 9.17) is 5.73 Å². The van der Waals surface area contributed by atoms with Gasteiger partial charge < -0.3 is 5.73 Å². The zero-order valence-corrected chi connectivity index (χ0v) is 9.29. The van der Waals surface area contributed by atoms with Crippen molar-refractivity contribution in [2.75, 3.05) is 13.1 Å². The molecule has 78 valence electrons. The number of nitrogens with zero attached hydrogens (tertiary/aromatic N) is 1. The molecule has 1 aliphatic rings. The maximum atomic E-state index is 5.79. The van der Waals surface area contributed by atoms with E-state index in [9.17, 15) is 0 Å². The predicted molar refractivity (Wildman–Crippen MR) is 57.7 cm³/mol. The van der Waals surface area contributed by atoms with Crippen molar-refractivity contribution in [3.63, 3.8) is 0 Å². The van der Waals surface area contributed by atoms with Gasteiger partial charge in [-0.15, -0.1) is 0 Å². The summed E-state index contributed by atoms with van der Waals surface area (Å²) in [6.45, 7) is 9.01. The number of likely N-dealkylation sites (tertiary alicyclic amines) is 1. The van der Waals surface area contributed by atoms with Crippen LogP contribution in [0.1, 0.15) is 40.0 Å². The highest BCUT2D eigenvalue weighted by Crippen LogP contribution is 2.21. The highest BCUT2D eigenvalue weighted by atomic mass is 15.2. The molecule has 0 spiro atoms. The molecule has 1 heterocycles. The molecule has 0 bridgehead atoms. The van der Waals surface area contributed by atoms with Crippen molar-refractivity contribution in [2.45, 2.75) is 52.1 Å². The number of hydrogen-bond donors (Lipinski definition) is 1. The van der Waals surface area contributed by atoms with Gasteiger partial charge >= 0.3 is 0 Å². The summed E-state index contributed by atoms with van der Waals surface area (Å²) >= 11 is 0. The van der Waals surface area contributed by atoms with Gasteiger partial charge in [-0.3, -0.25) is 4.90 Å². The van der Waals surface area contributed by atoms with Crippen LogP contribution in [-0.4, -0.2) is 30.1 Å². The molecule has 2 atom stereocenters. The van der Waals surface area contributed by atoms with Crippen molar-refractivity contribution in [1.29, 1.82) is 0 Å². The third-order valence-corrected chi connectivity index (χ3v) is 3.43. The molecular formula is C11H24N2. The first-order valence-electron chi connectivity index (χ1n) is 5.62. The van der Waals surface area contributed by atoms with Crippen molar-refractivity contribution in [3.05, 3.63) is 0 Å². The SMILES string of the molecule is CC(C)C(C)N1CCCCC1CN. The Morgan fingerprint density at radius 1 is 1.31 bits per heavy atom. The summed E-state index contributed by atoms with van der Waals surface area (Å²) in [6.07, 6.45) is 4.02. The number of rotatable bonds is 3. The van der Waals surface area contributed by atoms with Gasteiger partial charge in [0.25, 0.3) is 0 Å². The number of piperidine rings is 1. The lowest BCUT2D eigenvalue weighted by atomic mass is 9.96. The van der Waals surface area contributed by atoms with Crippen molar-refractivity contribution >= 4 is 0 Å². The first-order chi connectivity index (χ1) is 6.16. The molecule has 0 aromatic rings. The van der Waals surface area contributed by atoms with Crippen LogP contribution in [0.25, 0.3) is 0 Å². The Kier molecular flexibility index (Phi) is 4.20. The Morgan fingerprint density at radius 3 is 2.54 bits per heavy atom. The summed E-state index contributed by atoms with van der Waals surface area (Å²) in [5.41, 5.74) is 5.79. The van der Waals surface area contributed by atoms with E-state index < -0.39 is 0 Å². The highest BCUT2D eigenvalue weighted by Gasteiger charge is 2.26. The van der Waals surface area contributed by atoms with Crippen LogP contribution < -0.4 is 5.73 Å². The molecule has 2 unspecified atom stereocenters. The molecule has 0 aromatic carbocycles. The second-order valence-electron chi connectivity index (χ2n) is 4.61. The van der Waals surface area contributed by atoms with Gasteiger partial charge in [0, 0.05) is 18.6 Å². The Balaban J connectivity index is 2.53.